The van der Waals surface area contributed by atoms with Gasteiger partial charge in [0.15, 0.2) is 0 Å². The lowest BCUT2D eigenvalue weighted by molar-refractivity contribution is -0.119. The number of amides is 3. The van der Waals surface area contributed by atoms with Gasteiger partial charge in [0.1, 0.15) is 0 Å². The molecule has 0 radical (unpaired) electrons. The van der Waals surface area contributed by atoms with Crippen LogP contribution in [0.3, 0.4) is 0 Å². The third kappa shape index (κ3) is 7.97. The summed E-state index contributed by atoms with van der Waals surface area (Å²) in [5, 5.41) is 9.75. The van der Waals surface area contributed by atoms with Crippen LogP contribution in [0.25, 0.3) is 22.0 Å². The molecule has 4 aromatic rings. The van der Waals surface area contributed by atoms with Crippen molar-refractivity contribution in [3.05, 3.63) is 84.6 Å². The maximum absolute atomic E-state index is 13.0. The smallest absolute Gasteiger partial charge is 0.241 e. The fraction of sp³-hybridized carbons (Fsp3) is 0.258. The topological polar surface area (TPSA) is 129 Å². The number of benzene rings is 3. The number of nitrogens with one attached hydrogen (secondary N) is 4. The zero-order valence-corrected chi connectivity index (χ0v) is 23.2. The van der Waals surface area contributed by atoms with Crippen LogP contribution in [-0.2, 0) is 20.8 Å². The maximum Gasteiger partial charge on any atom is 0.241 e. The van der Waals surface area contributed by atoms with Crippen LogP contribution in [0, 0.1) is 0 Å². The van der Waals surface area contributed by atoms with Crippen LogP contribution in [0.15, 0.2) is 79.0 Å². The Balaban J connectivity index is 1.30. The van der Waals surface area contributed by atoms with Gasteiger partial charge in [0.25, 0.3) is 0 Å². The average molecular weight is 558 g/mol. The molecule has 1 heterocycles. The molecule has 9 heteroatoms. The van der Waals surface area contributed by atoms with E-state index in [9.17, 15) is 14.4 Å². The molecule has 8 nitrogen and oxygen atoms in total. The van der Waals surface area contributed by atoms with Gasteiger partial charge in [0.05, 0.1) is 11.8 Å². The van der Waals surface area contributed by atoms with E-state index in [1.165, 1.54) is 0 Å². The predicted molar refractivity (Wildman–Crippen MR) is 164 cm³/mol. The number of fused-ring (bicyclic) bond motifs is 1. The summed E-state index contributed by atoms with van der Waals surface area (Å²) in [6.45, 7) is 0.598. The van der Waals surface area contributed by atoms with Gasteiger partial charge < -0.3 is 26.7 Å². The number of carbonyl (C=O) groups is 3. The molecule has 6 N–H and O–H groups in total. The lowest BCUT2D eigenvalue weighted by atomic mass is 10.0. The molecule has 208 valence electrons. The number of rotatable bonds is 13. The van der Waals surface area contributed by atoms with E-state index < -0.39 is 6.04 Å². The number of anilines is 2. The van der Waals surface area contributed by atoms with Gasteiger partial charge in [-0.05, 0) is 54.7 Å². The molecular formula is C31H35N5O3S. The van der Waals surface area contributed by atoms with Crippen molar-refractivity contribution >= 4 is 52.6 Å². The highest BCUT2D eigenvalue weighted by Crippen LogP contribution is 2.29. The van der Waals surface area contributed by atoms with E-state index in [1.807, 2.05) is 79.0 Å². The summed E-state index contributed by atoms with van der Waals surface area (Å²) < 4.78 is 0. The second-order valence-electron chi connectivity index (χ2n) is 9.65. The monoisotopic (exact) mass is 557 g/mol. The second kappa shape index (κ2) is 14.3. The fourth-order valence-electron chi connectivity index (χ4n) is 4.53. The van der Waals surface area contributed by atoms with Gasteiger partial charge in [-0.2, -0.15) is 12.6 Å². The molecule has 0 fully saturated rings. The summed E-state index contributed by atoms with van der Waals surface area (Å²) in [6, 6.07) is 22.3. The molecule has 0 aliphatic carbocycles. The summed E-state index contributed by atoms with van der Waals surface area (Å²) >= 11 is 3.92. The van der Waals surface area contributed by atoms with E-state index in [2.05, 4.69) is 33.6 Å². The molecule has 0 unspecified atom stereocenters. The van der Waals surface area contributed by atoms with Crippen LogP contribution >= 0.6 is 12.6 Å². The molecule has 4 rings (SSSR count). The van der Waals surface area contributed by atoms with Crippen LogP contribution in [0.1, 0.15) is 31.2 Å². The van der Waals surface area contributed by atoms with Gasteiger partial charge in [-0.15, -0.1) is 0 Å². The number of H-pyrrole nitrogens is 1. The first-order valence-electron chi connectivity index (χ1n) is 13.4. The number of aromatic amines is 1. The number of hydrogen-bond donors (Lipinski definition) is 6. The van der Waals surface area contributed by atoms with Crippen molar-refractivity contribution in [2.75, 3.05) is 22.9 Å². The molecule has 0 aliphatic rings. The second-order valence-corrected chi connectivity index (χ2v) is 9.97. The first kappa shape index (κ1) is 28.9. The molecule has 0 saturated carbocycles. The number of hydrogen-bond acceptors (Lipinski definition) is 5. The van der Waals surface area contributed by atoms with E-state index >= 15 is 0 Å². The molecule has 40 heavy (non-hydrogen) atoms. The highest BCUT2D eigenvalue weighted by atomic mass is 32.1. The lowest BCUT2D eigenvalue weighted by Crippen LogP contribution is -2.37. The molecule has 1 aromatic heterocycles. The number of nitrogens with two attached hydrogens (primary N) is 1. The Morgan fingerprint density at radius 2 is 1.60 bits per heavy atom. The minimum atomic E-state index is -0.711. The standard InChI is InChI=1S/C31H35N5O3S/c32-26(18-22-19-34-27-10-5-3-9-25(22)27)31(39)36-28-11-6-4-8-24(28)21-13-15-23(16-14-21)35-29(37)12-2-1-7-17-33-30(38)20-40/h3-6,8-11,13-16,19,26,34,40H,1-2,7,12,17-18,20,32H2,(H,33,38)(H,35,37)(H,36,39)/t26-/m1/s1. The fourth-order valence-corrected chi connectivity index (χ4v) is 4.64. The van der Waals surface area contributed by atoms with Gasteiger partial charge in [0, 0.05) is 47.0 Å². The van der Waals surface area contributed by atoms with Crippen LogP contribution in [0.4, 0.5) is 11.4 Å². The Morgan fingerprint density at radius 3 is 2.40 bits per heavy atom. The van der Waals surface area contributed by atoms with Crippen molar-refractivity contribution in [2.45, 2.75) is 38.1 Å². The Hall–Kier alpha value is -4.08. The summed E-state index contributed by atoms with van der Waals surface area (Å²) in [6.07, 6.45) is 5.16. The number of para-hydroxylation sites is 2. The van der Waals surface area contributed by atoms with Crippen LogP contribution < -0.4 is 21.7 Å². The third-order valence-corrected chi connectivity index (χ3v) is 6.95. The van der Waals surface area contributed by atoms with Gasteiger partial charge in [-0.1, -0.05) is 55.0 Å². The third-order valence-electron chi connectivity index (χ3n) is 6.66. The van der Waals surface area contributed by atoms with Gasteiger partial charge in [-0.25, -0.2) is 0 Å². The minimum Gasteiger partial charge on any atom is -0.361 e. The van der Waals surface area contributed by atoms with Gasteiger partial charge in [-0.3, -0.25) is 14.4 Å². The van der Waals surface area contributed by atoms with Crippen molar-refractivity contribution in [2.24, 2.45) is 5.73 Å². The summed E-state index contributed by atoms with van der Waals surface area (Å²) in [4.78, 5) is 39.7. The summed E-state index contributed by atoms with van der Waals surface area (Å²) in [5.41, 5.74) is 11.5. The highest BCUT2D eigenvalue weighted by Gasteiger charge is 2.18. The minimum absolute atomic E-state index is 0.0519. The zero-order valence-electron chi connectivity index (χ0n) is 22.3. The van der Waals surface area contributed by atoms with Crippen LogP contribution in [-0.4, -0.2) is 41.0 Å². The largest absolute Gasteiger partial charge is 0.361 e. The summed E-state index contributed by atoms with van der Waals surface area (Å²) in [5.74, 6) is -0.212. The first-order chi connectivity index (χ1) is 19.4. The van der Waals surface area contributed by atoms with Crippen molar-refractivity contribution in [1.82, 2.24) is 10.3 Å². The van der Waals surface area contributed by atoms with Crippen LogP contribution in [0.2, 0.25) is 0 Å². The van der Waals surface area contributed by atoms with E-state index in [-0.39, 0.29) is 23.5 Å². The SMILES string of the molecule is N[C@H](Cc1c[nH]c2ccccc12)C(=O)Nc1ccccc1-c1ccc(NC(=O)CCCCCNC(=O)CS)cc1. The molecule has 3 aromatic carbocycles. The Morgan fingerprint density at radius 1 is 0.850 bits per heavy atom. The molecule has 1 atom stereocenters. The molecule has 0 spiro atoms. The van der Waals surface area contributed by atoms with Crippen LogP contribution in [0.5, 0.6) is 0 Å². The predicted octanol–water partition coefficient (Wildman–Crippen LogP) is 4.89. The molecular weight excluding hydrogens is 522 g/mol. The molecule has 0 aliphatic heterocycles. The quantitative estimate of drug-likeness (QED) is 0.103. The zero-order chi connectivity index (χ0) is 28.3. The van der Waals surface area contributed by atoms with Gasteiger partial charge >= 0.3 is 0 Å². The van der Waals surface area contributed by atoms with Crippen molar-refractivity contribution in [3.8, 4) is 11.1 Å². The van der Waals surface area contributed by atoms with Gasteiger partial charge in [0.2, 0.25) is 17.7 Å². The number of aromatic nitrogens is 1. The average Bonchev–Trinajstić information content (AvgIpc) is 3.38. The van der Waals surface area contributed by atoms with Crippen molar-refractivity contribution in [1.29, 1.82) is 0 Å². The number of carbonyl (C=O) groups excluding carboxylic acids is 3. The Kier molecular flexibility index (Phi) is 10.4. The molecule has 0 bridgehead atoms. The highest BCUT2D eigenvalue weighted by molar-refractivity contribution is 7.81. The number of unbranched alkanes of at least 4 members (excludes halogenated alkanes) is 2. The van der Waals surface area contributed by atoms with E-state index in [1.54, 1.807) is 0 Å². The lowest BCUT2D eigenvalue weighted by Gasteiger charge is -2.15. The molecule has 3 amide bonds. The first-order valence-corrected chi connectivity index (χ1v) is 14.1. The molecule has 0 saturated heterocycles. The van der Waals surface area contributed by atoms with E-state index in [4.69, 9.17) is 5.73 Å². The van der Waals surface area contributed by atoms with E-state index in [0.717, 1.165) is 46.9 Å². The summed E-state index contributed by atoms with van der Waals surface area (Å²) in [7, 11) is 0. The Bertz CT molecular complexity index is 1450. The van der Waals surface area contributed by atoms with E-state index in [0.29, 0.717) is 30.8 Å². The number of thiol groups is 1. The maximum atomic E-state index is 13.0. The van der Waals surface area contributed by atoms with Crippen molar-refractivity contribution < 1.29 is 14.4 Å². The Labute approximate surface area is 239 Å². The van der Waals surface area contributed by atoms with Crippen molar-refractivity contribution in [3.63, 3.8) is 0 Å². The normalized spacial score (nSPS) is 11.7.